The Morgan fingerprint density at radius 3 is 2.80 bits per heavy atom. The summed E-state index contributed by atoms with van der Waals surface area (Å²) in [6.07, 6.45) is 3.89. The van der Waals surface area contributed by atoms with Crippen LogP contribution in [0.2, 0.25) is 0 Å². The van der Waals surface area contributed by atoms with Crippen LogP contribution in [0, 0.1) is 5.92 Å². The molecule has 1 saturated heterocycles. The zero-order chi connectivity index (χ0) is 11.3. The van der Waals surface area contributed by atoms with Crippen molar-refractivity contribution in [1.29, 1.82) is 0 Å². The Morgan fingerprint density at radius 2 is 2.27 bits per heavy atom. The summed E-state index contributed by atoms with van der Waals surface area (Å²) in [5.41, 5.74) is 0. The van der Waals surface area contributed by atoms with Crippen LogP contribution < -0.4 is 0 Å². The van der Waals surface area contributed by atoms with E-state index in [4.69, 9.17) is 4.74 Å². The van der Waals surface area contributed by atoms with Crippen molar-refractivity contribution >= 4 is 9.84 Å². The average Bonchev–Trinajstić information content (AvgIpc) is 2.17. The van der Waals surface area contributed by atoms with E-state index < -0.39 is 15.9 Å². The maximum atomic E-state index is 10.9. The van der Waals surface area contributed by atoms with Gasteiger partial charge in [0.25, 0.3) is 0 Å². The first kappa shape index (κ1) is 12.9. The molecule has 4 nitrogen and oxygen atoms in total. The van der Waals surface area contributed by atoms with Gasteiger partial charge in [-0.3, -0.25) is 0 Å². The zero-order valence-electron chi connectivity index (χ0n) is 9.18. The highest BCUT2D eigenvalue weighted by molar-refractivity contribution is 7.90. The topological polar surface area (TPSA) is 63.6 Å². The second-order valence-corrected chi connectivity index (χ2v) is 6.58. The van der Waals surface area contributed by atoms with Crippen molar-refractivity contribution < 1.29 is 18.3 Å². The molecular weight excluding hydrogens is 216 g/mol. The molecular formula is C10H20O4S. The minimum absolute atomic E-state index is 0.164. The first-order valence-electron chi connectivity index (χ1n) is 5.42. The van der Waals surface area contributed by atoms with E-state index in [2.05, 4.69) is 0 Å². The first-order chi connectivity index (χ1) is 6.99. The summed E-state index contributed by atoms with van der Waals surface area (Å²) < 4.78 is 27.0. The molecule has 0 spiro atoms. The fraction of sp³-hybridized carbons (Fsp3) is 1.00. The fourth-order valence-electron chi connectivity index (χ4n) is 1.86. The van der Waals surface area contributed by atoms with Gasteiger partial charge in [0.1, 0.15) is 9.84 Å². The highest BCUT2D eigenvalue weighted by atomic mass is 32.2. The smallest absolute Gasteiger partial charge is 0.147 e. The molecule has 0 aliphatic carbocycles. The molecule has 0 saturated carbocycles. The van der Waals surface area contributed by atoms with Crippen molar-refractivity contribution in [3.05, 3.63) is 0 Å². The van der Waals surface area contributed by atoms with Crippen molar-refractivity contribution in [2.45, 2.75) is 31.8 Å². The van der Waals surface area contributed by atoms with Crippen LogP contribution in [-0.2, 0) is 14.6 Å². The highest BCUT2D eigenvalue weighted by Gasteiger charge is 2.22. The van der Waals surface area contributed by atoms with Crippen LogP contribution in [0.1, 0.15) is 25.7 Å². The molecule has 0 amide bonds. The van der Waals surface area contributed by atoms with E-state index in [-0.39, 0.29) is 11.7 Å². The maximum Gasteiger partial charge on any atom is 0.147 e. The molecule has 1 heterocycles. The minimum Gasteiger partial charge on any atom is -0.393 e. The van der Waals surface area contributed by atoms with E-state index in [1.165, 1.54) is 6.26 Å². The summed E-state index contributed by atoms with van der Waals surface area (Å²) in [6.45, 7) is 1.40. The molecule has 0 aromatic heterocycles. The number of sulfone groups is 1. The van der Waals surface area contributed by atoms with Gasteiger partial charge in [0.05, 0.1) is 12.7 Å². The van der Waals surface area contributed by atoms with Crippen LogP contribution >= 0.6 is 0 Å². The van der Waals surface area contributed by atoms with Gasteiger partial charge in [-0.05, 0) is 25.7 Å². The molecule has 2 unspecified atom stereocenters. The number of ether oxygens (including phenoxy) is 1. The lowest BCUT2D eigenvalue weighted by Crippen LogP contribution is -2.29. The number of aliphatic hydroxyl groups is 1. The summed E-state index contributed by atoms with van der Waals surface area (Å²) in [4.78, 5) is 0. The molecule has 2 atom stereocenters. The van der Waals surface area contributed by atoms with Gasteiger partial charge in [-0.15, -0.1) is 0 Å². The molecule has 1 aliphatic heterocycles. The van der Waals surface area contributed by atoms with Gasteiger partial charge in [0, 0.05) is 24.5 Å². The summed E-state index contributed by atoms with van der Waals surface area (Å²) in [6, 6.07) is 0. The van der Waals surface area contributed by atoms with Gasteiger partial charge in [-0.25, -0.2) is 8.42 Å². The lowest BCUT2D eigenvalue weighted by atomic mass is 9.93. The molecule has 15 heavy (non-hydrogen) atoms. The predicted octanol–water partition coefficient (Wildman–Crippen LogP) is 0.599. The van der Waals surface area contributed by atoms with E-state index in [0.717, 1.165) is 19.4 Å². The van der Waals surface area contributed by atoms with Crippen molar-refractivity contribution in [2.75, 3.05) is 25.2 Å². The Balaban J connectivity index is 2.20. The zero-order valence-corrected chi connectivity index (χ0v) is 10.0. The lowest BCUT2D eigenvalue weighted by Gasteiger charge is -2.26. The molecule has 0 radical (unpaired) electrons. The second kappa shape index (κ2) is 5.82. The van der Waals surface area contributed by atoms with Crippen LogP contribution in [0.15, 0.2) is 0 Å². The standard InChI is InChI=1S/C10H20O4S/c1-15(12,13)7-3-5-10(11)9-4-2-6-14-8-9/h9-11H,2-8H2,1H3. The summed E-state index contributed by atoms with van der Waals surface area (Å²) in [7, 11) is -2.89. The van der Waals surface area contributed by atoms with E-state index in [0.29, 0.717) is 19.4 Å². The van der Waals surface area contributed by atoms with Gasteiger partial charge in [0.2, 0.25) is 0 Å². The first-order valence-corrected chi connectivity index (χ1v) is 7.48. The molecule has 1 rings (SSSR count). The van der Waals surface area contributed by atoms with Crippen molar-refractivity contribution in [1.82, 2.24) is 0 Å². The molecule has 1 fully saturated rings. The Labute approximate surface area is 91.6 Å². The Kier molecular flexibility index (Phi) is 5.02. The molecule has 0 bridgehead atoms. The third-order valence-corrected chi connectivity index (χ3v) is 3.78. The molecule has 1 aliphatic rings. The number of aliphatic hydroxyl groups excluding tert-OH is 1. The van der Waals surface area contributed by atoms with Crippen LogP contribution in [0.5, 0.6) is 0 Å². The van der Waals surface area contributed by atoms with Crippen molar-refractivity contribution in [2.24, 2.45) is 5.92 Å². The third kappa shape index (κ3) is 5.49. The Morgan fingerprint density at radius 1 is 1.53 bits per heavy atom. The predicted molar refractivity (Wildman–Crippen MR) is 58.5 cm³/mol. The fourth-order valence-corrected chi connectivity index (χ4v) is 2.55. The van der Waals surface area contributed by atoms with Gasteiger partial charge in [-0.1, -0.05) is 0 Å². The van der Waals surface area contributed by atoms with Gasteiger partial charge < -0.3 is 9.84 Å². The van der Waals surface area contributed by atoms with Gasteiger partial charge in [0.15, 0.2) is 0 Å². The number of hydrogen-bond acceptors (Lipinski definition) is 4. The lowest BCUT2D eigenvalue weighted by molar-refractivity contribution is -0.0119. The average molecular weight is 236 g/mol. The van der Waals surface area contributed by atoms with Crippen LogP contribution in [-0.4, -0.2) is 44.9 Å². The molecule has 5 heteroatoms. The minimum atomic E-state index is -2.89. The highest BCUT2D eigenvalue weighted by Crippen LogP contribution is 2.20. The van der Waals surface area contributed by atoms with E-state index >= 15 is 0 Å². The van der Waals surface area contributed by atoms with Crippen LogP contribution in [0.3, 0.4) is 0 Å². The molecule has 90 valence electrons. The Bertz CT molecular complexity index is 267. The van der Waals surface area contributed by atoms with Gasteiger partial charge >= 0.3 is 0 Å². The number of rotatable bonds is 5. The summed E-state index contributed by atoms with van der Waals surface area (Å²) in [5, 5.41) is 9.80. The van der Waals surface area contributed by atoms with Crippen molar-refractivity contribution in [3.8, 4) is 0 Å². The molecule has 0 aromatic carbocycles. The van der Waals surface area contributed by atoms with Crippen LogP contribution in [0.25, 0.3) is 0 Å². The third-order valence-electron chi connectivity index (χ3n) is 2.75. The summed E-state index contributed by atoms with van der Waals surface area (Å²) >= 11 is 0. The van der Waals surface area contributed by atoms with E-state index in [1.54, 1.807) is 0 Å². The molecule has 1 N–H and O–H groups in total. The summed E-state index contributed by atoms with van der Waals surface area (Å²) in [5.74, 6) is 0.357. The van der Waals surface area contributed by atoms with E-state index in [9.17, 15) is 13.5 Å². The van der Waals surface area contributed by atoms with E-state index in [1.807, 2.05) is 0 Å². The molecule has 0 aromatic rings. The monoisotopic (exact) mass is 236 g/mol. The number of hydrogen-bond donors (Lipinski definition) is 1. The maximum absolute atomic E-state index is 10.9. The Hall–Kier alpha value is -0.130. The van der Waals surface area contributed by atoms with Gasteiger partial charge in [-0.2, -0.15) is 0 Å². The normalized spacial score (nSPS) is 25.1. The SMILES string of the molecule is CS(=O)(=O)CCCC(O)C1CCCOC1. The van der Waals surface area contributed by atoms with Crippen LogP contribution in [0.4, 0.5) is 0 Å². The van der Waals surface area contributed by atoms with Crippen molar-refractivity contribution in [3.63, 3.8) is 0 Å². The quantitative estimate of drug-likeness (QED) is 0.759. The largest absolute Gasteiger partial charge is 0.393 e. The second-order valence-electron chi connectivity index (χ2n) is 4.32.